The van der Waals surface area contributed by atoms with Gasteiger partial charge in [-0.2, -0.15) is 5.26 Å². The summed E-state index contributed by atoms with van der Waals surface area (Å²) in [6, 6.07) is 8.13. The molecule has 1 heterocycles. The van der Waals surface area contributed by atoms with Gasteiger partial charge in [-0.25, -0.2) is 4.98 Å². The van der Waals surface area contributed by atoms with E-state index in [1.54, 1.807) is 6.20 Å². The number of aromatic nitrogens is 2. The SMILES string of the molecule is Cc1cccc(-n2ccnc2SCC(=O)NCCC#N)c1C. The smallest absolute Gasteiger partial charge is 0.230 e. The quantitative estimate of drug-likeness (QED) is 0.657. The van der Waals surface area contributed by atoms with E-state index in [0.717, 1.165) is 10.8 Å². The second-order valence-corrected chi connectivity index (χ2v) is 5.79. The minimum absolute atomic E-state index is 0.0873. The molecule has 1 aromatic heterocycles. The molecule has 1 amide bonds. The fraction of sp³-hybridized carbons (Fsp3) is 0.312. The number of nitriles is 1. The van der Waals surface area contributed by atoms with Crippen LogP contribution in [0.25, 0.3) is 5.69 Å². The lowest BCUT2D eigenvalue weighted by Gasteiger charge is -2.12. The molecule has 6 heteroatoms. The number of nitrogens with zero attached hydrogens (tertiary/aromatic N) is 3. The lowest BCUT2D eigenvalue weighted by molar-refractivity contribution is -0.118. The molecule has 1 N–H and O–H groups in total. The number of rotatable bonds is 6. The molecule has 2 rings (SSSR count). The van der Waals surface area contributed by atoms with Crippen LogP contribution in [0.5, 0.6) is 0 Å². The van der Waals surface area contributed by atoms with E-state index in [4.69, 9.17) is 5.26 Å². The summed E-state index contributed by atoms with van der Waals surface area (Å²) in [5, 5.41) is 11.9. The zero-order chi connectivity index (χ0) is 15.9. The highest BCUT2D eigenvalue weighted by molar-refractivity contribution is 7.99. The van der Waals surface area contributed by atoms with Gasteiger partial charge in [0.15, 0.2) is 5.16 Å². The first-order chi connectivity index (χ1) is 10.6. The lowest BCUT2D eigenvalue weighted by Crippen LogP contribution is -2.26. The first kappa shape index (κ1) is 16.1. The molecule has 114 valence electrons. The average molecular weight is 314 g/mol. The number of hydrogen-bond donors (Lipinski definition) is 1. The maximum absolute atomic E-state index is 11.7. The van der Waals surface area contributed by atoms with Gasteiger partial charge in [-0.05, 0) is 31.0 Å². The second-order valence-electron chi connectivity index (χ2n) is 4.85. The fourth-order valence-electron chi connectivity index (χ4n) is 2.02. The Balaban J connectivity index is 2.06. The number of amides is 1. The predicted octanol–water partition coefficient (Wildman–Crippen LogP) is 2.61. The van der Waals surface area contributed by atoms with Gasteiger partial charge in [0.05, 0.1) is 23.9 Å². The van der Waals surface area contributed by atoms with E-state index in [9.17, 15) is 4.79 Å². The fourth-order valence-corrected chi connectivity index (χ4v) is 2.81. The number of aryl methyl sites for hydroxylation is 1. The van der Waals surface area contributed by atoms with E-state index < -0.39 is 0 Å². The van der Waals surface area contributed by atoms with Crippen molar-refractivity contribution < 1.29 is 4.79 Å². The molecule has 1 aromatic carbocycles. The van der Waals surface area contributed by atoms with Gasteiger partial charge < -0.3 is 5.32 Å². The van der Waals surface area contributed by atoms with Crippen molar-refractivity contribution in [2.24, 2.45) is 0 Å². The van der Waals surface area contributed by atoms with Gasteiger partial charge in [0.25, 0.3) is 0 Å². The van der Waals surface area contributed by atoms with Gasteiger partial charge in [0, 0.05) is 18.9 Å². The van der Waals surface area contributed by atoms with Crippen LogP contribution in [-0.2, 0) is 4.79 Å². The van der Waals surface area contributed by atoms with Crippen LogP contribution < -0.4 is 5.32 Å². The van der Waals surface area contributed by atoms with E-state index in [1.807, 2.05) is 29.0 Å². The topological polar surface area (TPSA) is 70.7 Å². The summed E-state index contributed by atoms with van der Waals surface area (Å²) in [5.74, 6) is 0.198. The summed E-state index contributed by atoms with van der Waals surface area (Å²) in [4.78, 5) is 16.0. The highest BCUT2D eigenvalue weighted by Gasteiger charge is 2.11. The molecule has 0 fully saturated rings. The Hall–Kier alpha value is -2.26. The molecule has 0 aliphatic heterocycles. The molecule has 2 aromatic rings. The van der Waals surface area contributed by atoms with Crippen molar-refractivity contribution in [2.75, 3.05) is 12.3 Å². The van der Waals surface area contributed by atoms with Crippen LogP contribution >= 0.6 is 11.8 Å². The maximum Gasteiger partial charge on any atom is 0.230 e. The number of thioether (sulfide) groups is 1. The van der Waals surface area contributed by atoms with Gasteiger partial charge >= 0.3 is 0 Å². The molecule has 0 bridgehead atoms. The van der Waals surface area contributed by atoms with Crippen molar-refractivity contribution in [3.63, 3.8) is 0 Å². The van der Waals surface area contributed by atoms with Crippen LogP contribution in [0.15, 0.2) is 35.7 Å². The Labute approximate surface area is 134 Å². The van der Waals surface area contributed by atoms with Crippen molar-refractivity contribution in [3.05, 3.63) is 41.7 Å². The molecular weight excluding hydrogens is 296 g/mol. The van der Waals surface area contributed by atoms with Crippen LogP contribution in [0.1, 0.15) is 17.5 Å². The van der Waals surface area contributed by atoms with Crippen LogP contribution in [0.3, 0.4) is 0 Å². The Bertz CT molecular complexity index is 702. The van der Waals surface area contributed by atoms with Crippen molar-refractivity contribution in [1.82, 2.24) is 14.9 Å². The van der Waals surface area contributed by atoms with Crippen molar-refractivity contribution in [3.8, 4) is 11.8 Å². The van der Waals surface area contributed by atoms with E-state index in [-0.39, 0.29) is 11.7 Å². The van der Waals surface area contributed by atoms with E-state index in [2.05, 4.69) is 30.2 Å². The zero-order valence-corrected chi connectivity index (χ0v) is 13.5. The first-order valence-corrected chi connectivity index (χ1v) is 7.98. The number of imidazole rings is 1. The van der Waals surface area contributed by atoms with Gasteiger partial charge in [0.1, 0.15) is 0 Å². The summed E-state index contributed by atoms with van der Waals surface area (Å²) in [7, 11) is 0. The third-order valence-corrected chi connectivity index (χ3v) is 4.30. The highest BCUT2D eigenvalue weighted by Crippen LogP contribution is 2.24. The van der Waals surface area contributed by atoms with E-state index in [1.165, 1.54) is 22.9 Å². The Morgan fingerprint density at radius 3 is 3.05 bits per heavy atom. The molecular formula is C16H18N4OS. The summed E-state index contributed by atoms with van der Waals surface area (Å²) in [5.41, 5.74) is 3.49. The third kappa shape index (κ3) is 3.89. The normalized spacial score (nSPS) is 10.2. The van der Waals surface area contributed by atoms with Crippen LogP contribution in [0, 0.1) is 25.2 Å². The third-order valence-electron chi connectivity index (χ3n) is 3.33. The number of benzene rings is 1. The molecule has 0 spiro atoms. The summed E-state index contributed by atoms with van der Waals surface area (Å²) in [6.45, 7) is 4.54. The molecule has 0 aliphatic rings. The zero-order valence-electron chi connectivity index (χ0n) is 12.7. The minimum Gasteiger partial charge on any atom is -0.354 e. The Morgan fingerprint density at radius 2 is 2.27 bits per heavy atom. The summed E-state index contributed by atoms with van der Waals surface area (Å²) in [6.07, 6.45) is 3.96. The molecule has 0 saturated carbocycles. The second kappa shape index (κ2) is 7.66. The Kier molecular flexibility index (Phi) is 5.61. The number of carbonyl (C=O) groups excluding carboxylic acids is 1. The van der Waals surface area contributed by atoms with Gasteiger partial charge in [0.2, 0.25) is 5.91 Å². The van der Waals surface area contributed by atoms with Crippen LogP contribution in [0.2, 0.25) is 0 Å². The average Bonchev–Trinajstić information content (AvgIpc) is 2.96. The van der Waals surface area contributed by atoms with Gasteiger partial charge in [-0.15, -0.1) is 0 Å². The van der Waals surface area contributed by atoms with Gasteiger partial charge in [-0.1, -0.05) is 23.9 Å². The largest absolute Gasteiger partial charge is 0.354 e. The Morgan fingerprint density at radius 1 is 1.45 bits per heavy atom. The monoisotopic (exact) mass is 314 g/mol. The van der Waals surface area contributed by atoms with Crippen LogP contribution in [0.4, 0.5) is 0 Å². The van der Waals surface area contributed by atoms with Crippen molar-refractivity contribution in [1.29, 1.82) is 5.26 Å². The molecule has 0 aliphatic carbocycles. The summed E-state index contributed by atoms with van der Waals surface area (Å²) < 4.78 is 2.00. The van der Waals surface area contributed by atoms with Crippen molar-refractivity contribution >= 4 is 17.7 Å². The molecule has 0 atom stereocenters. The number of carbonyl (C=O) groups is 1. The van der Waals surface area contributed by atoms with Crippen molar-refractivity contribution in [2.45, 2.75) is 25.4 Å². The molecule has 0 unspecified atom stereocenters. The van der Waals surface area contributed by atoms with Gasteiger partial charge in [-0.3, -0.25) is 9.36 Å². The van der Waals surface area contributed by atoms with Crippen LogP contribution in [-0.4, -0.2) is 27.8 Å². The maximum atomic E-state index is 11.7. The molecule has 0 radical (unpaired) electrons. The molecule has 0 saturated heterocycles. The highest BCUT2D eigenvalue weighted by atomic mass is 32.2. The standard InChI is InChI=1S/C16H18N4OS/c1-12-5-3-6-14(13(12)2)20-10-9-19-16(20)22-11-15(21)18-8-4-7-17/h3,5-6,9-10H,4,8,11H2,1-2H3,(H,18,21). The minimum atomic E-state index is -0.0873. The summed E-state index contributed by atoms with van der Waals surface area (Å²) >= 11 is 1.39. The van der Waals surface area contributed by atoms with E-state index in [0.29, 0.717) is 13.0 Å². The predicted molar refractivity (Wildman–Crippen MR) is 87.0 cm³/mol. The molecule has 22 heavy (non-hydrogen) atoms. The molecule has 5 nitrogen and oxygen atoms in total. The first-order valence-electron chi connectivity index (χ1n) is 7.00. The van der Waals surface area contributed by atoms with E-state index >= 15 is 0 Å². The number of nitrogens with one attached hydrogen (secondary N) is 1. The number of hydrogen-bond acceptors (Lipinski definition) is 4. The lowest BCUT2D eigenvalue weighted by atomic mass is 10.1.